The van der Waals surface area contributed by atoms with Crippen molar-refractivity contribution in [3.8, 4) is 11.5 Å². The van der Waals surface area contributed by atoms with E-state index in [0.717, 1.165) is 86.5 Å². The summed E-state index contributed by atoms with van der Waals surface area (Å²) in [5, 5.41) is 13.1. The van der Waals surface area contributed by atoms with Gasteiger partial charge in [0.25, 0.3) is 0 Å². The Morgan fingerprint density at radius 3 is 1.71 bits per heavy atom. The fourth-order valence-corrected chi connectivity index (χ4v) is 5.74. The smallest absolute Gasteiger partial charge is 0.199 e. The highest BCUT2D eigenvalue weighted by Gasteiger charge is 2.23. The van der Waals surface area contributed by atoms with Crippen LogP contribution >= 0.6 is 80.2 Å². The maximum atomic E-state index is 6.64. The number of thioether (sulfide) groups is 2. The van der Waals surface area contributed by atoms with Gasteiger partial charge in [-0.1, -0.05) is 51.2 Å². The largest absolute Gasteiger partial charge is 0.489 e. The van der Waals surface area contributed by atoms with Crippen molar-refractivity contribution in [1.29, 1.82) is 5.41 Å². The number of aliphatic imine (C=N–C) groups is 2. The summed E-state index contributed by atoms with van der Waals surface area (Å²) < 4.78 is 11.9. The molecule has 0 aromatic heterocycles. The lowest BCUT2D eigenvalue weighted by molar-refractivity contribution is 0.202. The Hall–Kier alpha value is -1.56. The average Bonchev–Trinajstić information content (AvgIpc) is 3.69. The van der Waals surface area contributed by atoms with Crippen LogP contribution in [0.15, 0.2) is 58.5 Å². The lowest BCUT2D eigenvalue weighted by Gasteiger charge is -2.15. The van der Waals surface area contributed by atoms with E-state index in [2.05, 4.69) is 56.3 Å². The number of nitrogens with one attached hydrogen (secondary N) is 2. The Labute approximate surface area is 325 Å². The highest BCUT2D eigenvalue weighted by molar-refractivity contribution is 8.14. The quantitative estimate of drug-likeness (QED) is 0.0856. The van der Waals surface area contributed by atoms with Crippen LogP contribution in [0.5, 0.6) is 11.5 Å². The summed E-state index contributed by atoms with van der Waals surface area (Å²) in [6.45, 7) is 14.8. The lowest BCUT2D eigenvalue weighted by Crippen LogP contribution is -2.24. The van der Waals surface area contributed by atoms with Crippen LogP contribution in [0.4, 0.5) is 11.4 Å². The topological polar surface area (TPSA) is 138 Å². The SMILES string of the molecule is CCN1CCC(Oc2ccc(N=C=S)cc2)C1.CCSC(=N)N.CCSC(N)=NC(=S)Nc1ccc(OC2CCN(CC)C2)cc1.Cl.P.P. The van der Waals surface area contributed by atoms with E-state index < -0.39 is 0 Å². The van der Waals surface area contributed by atoms with Crippen LogP contribution in [0.2, 0.25) is 0 Å². The Balaban J connectivity index is 0. The van der Waals surface area contributed by atoms with Crippen LogP contribution in [0, 0.1) is 5.41 Å². The van der Waals surface area contributed by atoms with Crippen LogP contribution in [-0.4, -0.2) is 93.4 Å². The molecule has 0 radical (unpaired) electrons. The zero-order valence-corrected chi connectivity index (χ0v) is 36.0. The van der Waals surface area contributed by atoms with E-state index >= 15 is 0 Å². The molecule has 0 bridgehead atoms. The first-order valence-corrected chi connectivity index (χ1v) is 18.3. The van der Waals surface area contributed by atoms with Gasteiger partial charge in [-0.3, -0.25) is 15.2 Å². The first-order chi connectivity index (χ1) is 22.2. The van der Waals surface area contributed by atoms with Gasteiger partial charge < -0.3 is 26.3 Å². The number of ether oxygens (including phenoxy) is 2. The molecule has 0 aliphatic carbocycles. The lowest BCUT2D eigenvalue weighted by atomic mass is 10.3. The maximum absolute atomic E-state index is 6.64. The molecule has 4 unspecified atom stereocenters. The zero-order chi connectivity index (χ0) is 33.7. The molecule has 2 saturated heterocycles. The number of likely N-dealkylation sites (tertiary alicyclic amines) is 2. The third kappa shape index (κ3) is 21.4. The number of hydrogen-bond acceptors (Lipinski definition) is 10. The van der Waals surface area contributed by atoms with E-state index in [4.69, 9.17) is 38.6 Å². The number of benzene rings is 2. The number of amidine groups is 2. The van der Waals surface area contributed by atoms with Gasteiger partial charge in [-0.15, -0.1) is 12.4 Å². The fraction of sp³-hybridized carbons (Fsp3) is 0.500. The molecule has 0 amide bonds. The first-order valence-electron chi connectivity index (χ1n) is 15.5. The van der Waals surface area contributed by atoms with Crippen LogP contribution < -0.4 is 26.3 Å². The third-order valence-electron chi connectivity index (χ3n) is 6.88. The van der Waals surface area contributed by atoms with Crippen molar-refractivity contribution in [2.75, 3.05) is 56.1 Å². The van der Waals surface area contributed by atoms with E-state index in [9.17, 15) is 0 Å². The van der Waals surface area contributed by atoms with Crippen molar-refractivity contribution in [3.05, 3.63) is 48.5 Å². The number of thiocarbonyl (C=S) groups is 2. The van der Waals surface area contributed by atoms with Crippen LogP contribution in [0.25, 0.3) is 0 Å². The van der Waals surface area contributed by atoms with E-state index in [1.165, 1.54) is 23.5 Å². The number of nitrogens with zero attached hydrogens (tertiary/aromatic N) is 4. The van der Waals surface area contributed by atoms with Crippen molar-refractivity contribution >= 4 is 112 Å². The van der Waals surface area contributed by atoms with Gasteiger partial charge in [0, 0.05) is 31.9 Å². The minimum Gasteiger partial charge on any atom is -0.489 e. The summed E-state index contributed by atoms with van der Waals surface area (Å²) in [6, 6.07) is 15.4. The number of nitrogens with two attached hydrogens (primary N) is 2. The van der Waals surface area contributed by atoms with Gasteiger partial charge in [0.15, 0.2) is 15.4 Å². The molecule has 2 aliphatic heterocycles. The molecular weight excluding hydrogens is 754 g/mol. The Bertz CT molecular complexity index is 1290. The van der Waals surface area contributed by atoms with E-state index in [-0.39, 0.29) is 43.5 Å². The molecule has 0 spiro atoms. The standard InChI is InChI=1S/C16H24N4OS2.C13H16N2OS.C3H8N2S.ClH.2H3P/c1-3-20-10-9-14(11-20)21-13-7-5-12(6-8-13)18-16(22)19-15(17)23-4-2;1-2-15-8-7-13(9-15)16-12-5-3-11(4-6-12)14-10-17;1-2-6-3(4)5;;;/h5-8,14H,3-4,9-11H2,1-2H3,(H3,17,18,19,22);3-6,13H,2,7-9H2,1H3;2H2,1H3,(H3,4,5);1H;2*1H3. The molecule has 17 heteroatoms. The second-order valence-corrected chi connectivity index (χ2v) is 13.3. The molecule has 2 aromatic carbocycles. The molecule has 49 heavy (non-hydrogen) atoms. The number of isothiocyanates is 1. The summed E-state index contributed by atoms with van der Waals surface area (Å²) in [4.78, 5) is 12.8. The Morgan fingerprint density at radius 1 is 0.878 bits per heavy atom. The van der Waals surface area contributed by atoms with Crippen molar-refractivity contribution in [1.82, 2.24) is 9.80 Å². The second-order valence-electron chi connectivity index (χ2n) is 10.2. The highest BCUT2D eigenvalue weighted by Crippen LogP contribution is 2.22. The summed E-state index contributed by atoms with van der Waals surface area (Å²) in [7, 11) is 0. The molecule has 10 nitrogen and oxygen atoms in total. The van der Waals surface area contributed by atoms with Gasteiger partial charge in [-0.2, -0.15) is 29.8 Å². The Kier molecular flexibility index (Phi) is 29.4. The van der Waals surface area contributed by atoms with Crippen molar-refractivity contribution in [2.24, 2.45) is 21.5 Å². The summed E-state index contributed by atoms with van der Waals surface area (Å²) in [6.07, 6.45) is 2.79. The summed E-state index contributed by atoms with van der Waals surface area (Å²) in [5.74, 6) is 3.56. The van der Waals surface area contributed by atoms with Crippen molar-refractivity contribution < 1.29 is 9.47 Å². The monoisotopic (exact) mass is 808 g/mol. The average molecular weight is 810 g/mol. The number of halogens is 1. The summed E-state index contributed by atoms with van der Waals surface area (Å²) in [5.41, 5.74) is 12.4. The van der Waals surface area contributed by atoms with Crippen LogP contribution in [0.1, 0.15) is 40.5 Å². The van der Waals surface area contributed by atoms with Crippen molar-refractivity contribution in [3.63, 3.8) is 0 Å². The molecule has 2 fully saturated rings. The van der Waals surface area contributed by atoms with E-state index in [1.807, 2.05) is 62.4 Å². The Morgan fingerprint density at radius 2 is 1.35 bits per heavy atom. The van der Waals surface area contributed by atoms with Crippen LogP contribution in [0.3, 0.4) is 0 Å². The highest BCUT2D eigenvalue weighted by atomic mass is 35.5. The molecule has 2 aromatic rings. The van der Waals surface area contributed by atoms with E-state index in [0.29, 0.717) is 16.4 Å². The van der Waals surface area contributed by atoms with Crippen molar-refractivity contribution in [2.45, 2.75) is 52.7 Å². The third-order valence-corrected chi connectivity index (χ3v) is 8.44. The number of hydrogen-bond donors (Lipinski definition) is 4. The summed E-state index contributed by atoms with van der Waals surface area (Å²) >= 11 is 12.5. The molecule has 4 atom stereocenters. The molecule has 6 N–H and O–H groups in total. The predicted molar refractivity (Wildman–Crippen MR) is 235 cm³/mol. The molecule has 276 valence electrons. The fourth-order valence-electron chi connectivity index (χ4n) is 4.60. The zero-order valence-electron chi connectivity index (χ0n) is 29.1. The van der Waals surface area contributed by atoms with Gasteiger partial charge in [0.2, 0.25) is 0 Å². The second kappa shape index (κ2) is 29.1. The van der Waals surface area contributed by atoms with Gasteiger partial charge >= 0.3 is 0 Å². The first kappa shape index (κ1) is 49.6. The van der Waals surface area contributed by atoms with Gasteiger partial charge in [0.05, 0.1) is 10.8 Å². The van der Waals surface area contributed by atoms with Gasteiger partial charge in [-0.25, -0.2) is 0 Å². The molecule has 2 heterocycles. The van der Waals surface area contributed by atoms with Gasteiger partial charge in [0.1, 0.15) is 23.7 Å². The number of anilines is 1. The number of likely N-dealkylation sites (N-methyl/N-ethyl adjacent to an activating group) is 2. The molecule has 2 aliphatic rings. The normalized spacial score (nSPS) is 16.8. The van der Waals surface area contributed by atoms with Crippen LogP contribution in [-0.2, 0) is 0 Å². The minimum atomic E-state index is 0. The number of rotatable bonds is 10. The minimum absolute atomic E-state index is 0. The van der Waals surface area contributed by atoms with Gasteiger partial charge in [-0.05, 0) is 110 Å². The molecule has 4 rings (SSSR count). The predicted octanol–water partition coefficient (Wildman–Crippen LogP) is 6.99. The molecule has 0 saturated carbocycles. The van der Waals surface area contributed by atoms with E-state index in [1.54, 1.807) is 0 Å². The maximum Gasteiger partial charge on any atom is 0.199 e. The molecular formula is C32H55ClN8O2P2S4.